The Balaban J connectivity index is 3.53. The highest BCUT2D eigenvalue weighted by molar-refractivity contribution is 9.08. The molecule has 0 atom stereocenters. The molecule has 8 heteroatoms. The first-order valence-corrected chi connectivity index (χ1v) is 5.19. The first-order chi connectivity index (χ1) is 7.52. The fourth-order valence-electron chi connectivity index (χ4n) is 1.21. The second-order valence-corrected chi connectivity index (χ2v) is 3.31. The van der Waals surface area contributed by atoms with E-state index >= 15 is 0 Å². The van der Waals surface area contributed by atoms with Gasteiger partial charge in [-0.25, -0.2) is 13.8 Å². The number of halogens is 3. The summed E-state index contributed by atoms with van der Waals surface area (Å²) in [7, 11) is 1.13. The van der Waals surface area contributed by atoms with Crippen LogP contribution in [0.3, 0.4) is 0 Å². The summed E-state index contributed by atoms with van der Waals surface area (Å²) in [6, 6.07) is 0. The van der Waals surface area contributed by atoms with Crippen LogP contribution in [0.15, 0.2) is 6.20 Å². The maximum absolute atomic E-state index is 12.7. The quantitative estimate of drug-likeness (QED) is 0.487. The summed E-state index contributed by atoms with van der Waals surface area (Å²) in [6.07, 6.45) is -1.88. The molecule has 1 heterocycles. The summed E-state index contributed by atoms with van der Waals surface area (Å²) in [5.74, 6) is -0.425. The van der Waals surface area contributed by atoms with Crippen molar-refractivity contribution in [2.75, 3.05) is 7.11 Å². The summed E-state index contributed by atoms with van der Waals surface area (Å²) in [5.41, 5.74) is -1.36. The first-order valence-electron chi connectivity index (χ1n) is 4.07. The molecule has 1 rings (SSSR count). The van der Waals surface area contributed by atoms with Crippen LogP contribution in [-0.4, -0.2) is 17.0 Å². The van der Waals surface area contributed by atoms with Gasteiger partial charge in [0, 0.05) is 11.5 Å². The van der Waals surface area contributed by atoms with Crippen molar-refractivity contribution in [3.8, 4) is 5.88 Å². The van der Waals surface area contributed by atoms with Gasteiger partial charge in [-0.3, -0.25) is 10.1 Å². The molecule has 0 unspecified atom stereocenters. The van der Waals surface area contributed by atoms with E-state index < -0.39 is 28.5 Å². The lowest BCUT2D eigenvalue weighted by Crippen LogP contribution is -2.04. The van der Waals surface area contributed by atoms with Crippen molar-refractivity contribution in [1.29, 1.82) is 0 Å². The highest BCUT2D eigenvalue weighted by Crippen LogP contribution is 2.38. The fourth-order valence-corrected chi connectivity index (χ4v) is 1.62. The zero-order valence-electron chi connectivity index (χ0n) is 8.11. The molecule has 1 aromatic rings. The molecule has 16 heavy (non-hydrogen) atoms. The van der Waals surface area contributed by atoms with Gasteiger partial charge in [0.05, 0.1) is 17.6 Å². The molecule has 5 nitrogen and oxygen atoms in total. The molecular weight excluding hydrogens is 290 g/mol. The van der Waals surface area contributed by atoms with Crippen molar-refractivity contribution >= 4 is 21.6 Å². The van der Waals surface area contributed by atoms with Crippen molar-refractivity contribution in [2.24, 2.45) is 0 Å². The molecule has 0 aromatic carbocycles. The monoisotopic (exact) mass is 296 g/mol. The lowest BCUT2D eigenvalue weighted by molar-refractivity contribution is -0.387. The molecule has 0 amide bonds. The van der Waals surface area contributed by atoms with Crippen LogP contribution >= 0.6 is 15.9 Å². The zero-order chi connectivity index (χ0) is 12.3. The minimum Gasteiger partial charge on any atom is -0.480 e. The van der Waals surface area contributed by atoms with Crippen LogP contribution in [0.5, 0.6) is 5.88 Å². The summed E-state index contributed by atoms with van der Waals surface area (Å²) < 4.78 is 30.0. The van der Waals surface area contributed by atoms with E-state index in [9.17, 15) is 18.9 Å². The predicted molar refractivity (Wildman–Crippen MR) is 55.0 cm³/mol. The third-order valence-corrected chi connectivity index (χ3v) is 2.47. The van der Waals surface area contributed by atoms with E-state index in [1.807, 2.05) is 0 Å². The number of nitro groups is 1. The lowest BCUT2D eigenvalue weighted by atomic mass is 10.1. The van der Waals surface area contributed by atoms with Crippen molar-refractivity contribution in [3.05, 3.63) is 27.4 Å². The van der Waals surface area contributed by atoms with Crippen LogP contribution in [0.1, 0.15) is 17.6 Å². The summed E-state index contributed by atoms with van der Waals surface area (Å²) >= 11 is 2.98. The van der Waals surface area contributed by atoms with E-state index in [1.54, 1.807) is 0 Å². The standard InChI is InChI=1S/C8H7BrF2N2O3/c1-16-8-5(7(10)11)6(13(14)15)4(2-9)3-12-8/h3,7H,2H2,1H3. The van der Waals surface area contributed by atoms with Crippen LogP contribution in [0.4, 0.5) is 14.5 Å². The third kappa shape index (κ3) is 2.26. The Labute approximate surface area is 97.7 Å². The molecule has 0 saturated carbocycles. The predicted octanol–water partition coefficient (Wildman–Crippen LogP) is 2.83. The van der Waals surface area contributed by atoms with Gasteiger partial charge in [0.1, 0.15) is 0 Å². The molecule has 0 aliphatic rings. The summed E-state index contributed by atoms with van der Waals surface area (Å²) in [6.45, 7) is 0. The number of hydrogen-bond acceptors (Lipinski definition) is 4. The molecule has 0 radical (unpaired) electrons. The van der Waals surface area contributed by atoms with Gasteiger partial charge in [-0.05, 0) is 0 Å². The number of methoxy groups -OCH3 is 1. The molecule has 0 fully saturated rings. The second kappa shape index (κ2) is 5.15. The highest BCUT2D eigenvalue weighted by Gasteiger charge is 2.30. The maximum atomic E-state index is 12.7. The van der Waals surface area contributed by atoms with E-state index in [0.29, 0.717) is 0 Å². The number of rotatable bonds is 4. The van der Waals surface area contributed by atoms with E-state index in [2.05, 4.69) is 25.7 Å². The highest BCUT2D eigenvalue weighted by atomic mass is 79.9. The van der Waals surface area contributed by atoms with E-state index in [0.717, 1.165) is 13.3 Å². The molecule has 0 N–H and O–H groups in total. The van der Waals surface area contributed by atoms with Gasteiger partial charge in [0.2, 0.25) is 5.88 Å². The number of ether oxygens (including phenoxy) is 1. The van der Waals surface area contributed by atoms with Crippen LogP contribution in [-0.2, 0) is 5.33 Å². The van der Waals surface area contributed by atoms with Crippen LogP contribution < -0.4 is 4.74 Å². The summed E-state index contributed by atoms with van der Waals surface area (Å²) in [5, 5.41) is 10.8. The number of pyridine rings is 1. The summed E-state index contributed by atoms with van der Waals surface area (Å²) in [4.78, 5) is 13.5. The maximum Gasteiger partial charge on any atom is 0.289 e. The second-order valence-electron chi connectivity index (χ2n) is 2.75. The number of alkyl halides is 3. The van der Waals surface area contributed by atoms with Gasteiger partial charge < -0.3 is 4.74 Å². The van der Waals surface area contributed by atoms with Gasteiger partial charge in [-0.1, -0.05) is 15.9 Å². The fraction of sp³-hybridized carbons (Fsp3) is 0.375. The van der Waals surface area contributed by atoms with Crippen molar-refractivity contribution in [1.82, 2.24) is 4.98 Å². The number of nitrogens with zero attached hydrogens (tertiary/aromatic N) is 2. The Hall–Kier alpha value is -1.31. The van der Waals surface area contributed by atoms with Crippen molar-refractivity contribution in [3.63, 3.8) is 0 Å². The average Bonchev–Trinajstić information content (AvgIpc) is 2.26. The van der Waals surface area contributed by atoms with Gasteiger partial charge in [-0.15, -0.1) is 0 Å². The molecule has 0 saturated heterocycles. The number of hydrogen-bond donors (Lipinski definition) is 0. The Bertz CT molecular complexity index is 415. The smallest absolute Gasteiger partial charge is 0.289 e. The van der Waals surface area contributed by atoms with E-state index in [4.69, 9.17) is 0 Å². The Kier molecular flexibility index (Phi) is 4.11. The minimum atomic E-state index is -3.01. The largest absolute Gasteiger partial charge is 0.480 e. The SMILES string of the molecule is COc1ncc(CBr)c([N+](=O)[O-])c1C(F)F. The third-order valence-electron chi connectivity index (χ3n) is 1.87. The molecule has 0 aliphatic carbocycles. The topological polar surface area (TPSA) is 65.3 Å². The molecule has 0 bridgehead atoms. The first kappa shape index (κ1) is 12.8. The van der Waals surface area contributed by atoms with Crippen LogP contribution in [0.2, 0.25) is 0 Å². The lowest BCUT2D eigenvalue weighted by Gasteiger charge is -2.09. The van der Waals surface area contributed by atoms with Crippen LogP contribution in [0, 0.1) is 10.1 Å². The van der Waals surface area contributed by atoms with E-state index in [1.165, 1.54) is 0 Å². The molecular formula is C8H7BrF2N2O3. The Morgan fingerprint density at radius 1 is 1.69 bits per heavy atom. The molecule has 1 aromatic heterocycles. The normalized spacial score (nSPS) is 10.6. The minimum absolute atomic E-state index is 0.0695. The molecule has 0 aliphatic heterocycles. The Morgan fingerprint density at radius 3 is 2.69 bits per heavy atom. The van der Waals surface area contributed by atoms with Crippen molar-refractivity contribution < 1.29 is 18.4 Å². The Morgan fingerprint density at radius 2 is 2.31 bits per heavy atom. The van der Waals surface area contributed by atoms with Crippen molar-refractivity contribution in [2.45, 2.75) is 11.8 Å². The van der Waals surface area contributed by atoms with E-state index in [-0.39, 0.29) is 10.9 Å². The molecule has 88 valence electrons. The molecule has 0 spiro atoms. The zero-order valence-corrected chi connectivity index (χ0v) is 9.70. The van der Waals surface area contributed by atoms with Gasteiger partial charge in [-0.2, -0.15) is 0 Å². The number of aromatic nitrogens is 1. The van der Waals surface area contributed by atoms with Gasteiger partial charge in [0.25, 0.3) is 12.1 Å². The van der Waals surface area contributed by atoms with Crippen LogP contribution in [0.25, 0.3) is 0 Å². The van der Waals surface area contributed by atoms with Gasteiger partial charge in [0.15, 0.2) is 5.56 Å². The van der Waals surface area contributed by atoms with Gasteiger partial charge >= 0.3 is 0 Å². The average molecular weight is 297 g/mol.